The Labute approximate surface area is 125 Å². The van der Waals surface area contributed by atoms with E-state index in [2.05, 4.69) is 42.7 Å². The quantitative estimate of drug-likeness (QED) is 0.907. The van der Waals surface area contributed by atoms with Gasteiger partial charge in [-0.15, -0.1) is 0 Å². The number of nitrogens with zero attached hydrogens (tertiary/aromatic N) is 2. The third kappa shape index (κ3) is 4.34. The molecular weight excluding hydrogens is 264 g/mol. The van der Waals surface area contributed by atoms with Crippen molar-refractivity contribution in [3.05, 3.63) is 42.2 Å². The number of rotatable bonds is 4. The van der Waals surface area contributed by atoms with Crippen molar-refractivity contribution in [2.45, 2.75) is 39.8 Å². The lowest BCUT2D eigenvalue weighted by Gasteiger charge is -2.18. The molecule has 0 aliphatic carbocycles. The third-order valence-corrected chi connectivity index (χ3v) is 3.03. The van der Waals surface area contributed by atoms with E-state index in [4.69, 9.17) is 0 Å². The Hall–Kier alpha value is -2.30. The van der Waals surface area contributed by atoms with Gasteiger partial charge in [-0.1, -0.05) is 0 Å². The summed E-state index contributed by atoms with van der Waals surface area (Å²) in [6, 6.07) is 7.64. The van der Waals surface area contributed by atoms with E-state index in [1.807, 2.05) is 35.1 Å². The van der Waals surface area contributed by atoms with Gasteiger partial charge in [0.25, 0.3) is 0 Å². The van der Waals surface area contributed by atoms with Crippen molar-refractivity contribution in [2.75, 3.05) is 10.6 Å². The zero-order chi connectivity index (χ0) is 15.5. The molecular formula is C16H22N4O. The first-order chi connectivity index (χ1) is 9.84. The third-order valence-electron chi connectivity index (χ3n) is 3.03. The summed E-state index contributed by atoms with van der Waals surface area (Å²) in [5.41, 5.74) is 2.94. The highest BCUT2D eigenvalue weighted by atomic mass is 16.1. The summed E-state index contributed by atoms with van der Waals surface area (Å²) < 4.78 is 1.96. The van der Waals surface area contributed by atoms with Crippen molar-refractivity contribution in [2.24, 2.45) is 0 Å². The van der Waals surface area contributed by atoms with Crippen LogP contribution in [-0.2, 0) is 16.9 Å². The van der Waals surface area contributed by atoms with E-state index >= 15 is 0 Å². The minimum Gasteiger partial charge on any atom is -0.381 e. The summed E-state index contributed by atoms with van der Waals surface area (Å²) in [5, 5.41) is 10.5. The maximum Gasteiger partial charge on any atom is 0.221 e. The van der Waals surface area contributed by atoms with Crippen molar-refractivity contribution >= 4 is 17.3 Å². The van der Waals surface area contributed by atoms with Gasteiger partial charge in [0.1, 0.15) is 0 Å². The van der Waals surface area contributed by atoms with Crippen LogP contribution in [0.5, 0.6) is 0 Å². The molecule has 0 atom stereocenters. The van der Waals surface area contributed by atoms with E-state index in [0.717, 1.165) is 23.5 Å². The van der Waals surface area contributed by atoms with Gasteiger partial charge >= 0.3 is 0 Å². The van der Waals surface area contributed by atoms with Gasteiger partial charge in [0, 0.05) is 36.6 Å². The number of amides is 1. The topological polar surface area (TPSA) is 59.0 Å². The zero-order valence-corrected chi connectivity index (χ0v) is 13.0. The summed E-state index contributed by atoms with van der Waals surface area (Å²) in [6.45, 7) is 8.59. The molecule has 21 heavy (non-hydrogen) atoms. The van der Waals surface area contributed by atoms with E-state index in [0.29, 0.717) is 0 Å². The molecule has 2 aromatic rings. The number of nitrogens with one attached hydrogen (secondary N) is 2. The number of aromatic nitrogens is 2. The van der Waals surface area contributed by atoms with E-state index in [-0.39, 0.29) is 11.4 Å². The van der Waals surface area contributed by atoms with Crippen LogP contribution < -0.4 is 10.6 Å². The average Bonchev–Trinajstić information content (AvgIpc) is 2.86. The van der Waals surface area contributed by atoms with Crippen molar-refractivity contribution in [3.8, 4) is 0 Å². The molecule has 0 unspecified atom stereocenters. The van der Waals surface area contributed by atoms with Gasteiger partial charge in [-0.3, -0.25) is 9.48 Å². The molecule has 1 aromatic heterocycles. The lowest BCUT2D eigenvalue weighted by atomic mass is 10.1. The molecule has 0 aliphatic rings. The Bertz CT molecular complexity index is 608. The number of benzene rings is 1. The second-order valence-electron chi connectivity index (χ2n) is 6.08. The molecule has 0 radical (unpaired) electrons. The van der Waals surface area contributed by atoms with E-state index in [9.17, 15) is 4.79 Å². The Morgan fingerprint density at radius 1 is 1.19 bits per heavy atom. The predicted molar refractivity (Wildman–Crippen MR) is 85.3 cm³/mol. The number of hydrogen-bond donors (Lipinski definition) is 2. The van der Waals surface area contributed by atoms with Crippen LogP contribution in [0.1, 0.15) is 33.3 Å². The highest BCUT2D eigenvalue weighted by Gasteiger charge is 2.13. The molecule has 5 heteroatoms. The molecule has 1 heterocycles. The molecule has 0 spiro atoms. The van der Waals surface area contributed by atoms with Crippen LogP contribution >= 0.6 is 0 Å². The Morgan fingerprint density at radius 2 is 1.81 bits per heavy atom. The fourth-order valence-electron chi connectivity index (χ4n) is 1.90. The predicted octanol–water partition coefficient (Wildman–Crippen LogP) is 3.21. The normalized spacial score (nSPS) is 11.2. The first-order valence-corrected chi connectivity index (χ1v) is 7.00. The number of anilines is 2. The van der Waals surface area contributed by atoms with Crippen LogP contribution in [0.3, 0.4) is 0 Å². The van der Waals surface area contributed by atoms with E-state index in [1.165, 1.54) is 6.92 Å². The summed E-state index contributed by atoms with van der Waals surface area (Å²) in [7, 11) is 0. The number of hydrogen-bond acceptors (Lipinski definition) is 3. The van der Waals surface area contributed by atoms with Crippen LogP contribution in [0, 0.1) is 0 Å². The Morgan fingerprint density at radius 3 is 2.33 bits per heavy atom. The molecule has 1 amide bonds. The van der Waals surface area contributed by atoms with Gasteiger partial charge < -0.3 is 10.6 Å². The van der Waals surface area contributed by atoms with Crippen LogP contribution in [0.25, 0.3) is 0 Å². The second kappa shape index (κ2) is 5.99. The average molecular weight is 286 g/mol. The molecule has 112 valence electrons. The van der Waals surface area contributed by atoms with Gasteiger partial charge in [-0.25, -0.2) is 0 Å². The second-order valence-corrected chi connectivity index (χ2v) is 6.08. The van der Waals surface area contributed by atoms with Crippen molar-refractivity contribution in [3.63, 3.8) is 0 Å². The highest BCUT2D eigenvalue weighted by molar-refractivity contribution is 5.88. The highest BCUT2D eigenvalue weighted by Crippen LogP contribution is 2.16. The van der Waals surface area contributed by atoms with Crippen molar-refractivity contribution in [1.82, 2.24) is 9.78 Å². The Kier molecular flexibility index (Phi) is 4.31. The van der Waals surface area contributed by atoms with Crippen LogP contribution in [0.15, 0.2) is 36.7 Å². The maximum atomic E-state index is 11.0. The zero-order valence-electron chi connectivity index (χ0n) is 13.0. The van der Waals surface area contributed by atoms with Gasteiger partial charge in [0.05, 0.1) is 11.7 Å². The standard InChI is InChI=1S/C16H22N4O/c1-12(21)19-15-7-5-14(6-8-15)17-9-13-10-18-20(11-13)16(2,3)4/h5-8,10-11,17H,9H2,1-4H3,(H,19,21). The summed E-state index contributed by atoms with van der Waals surface area (Å²) >= 11 is 0. The smallest absolute Gasteiger partial charge is 0.221 e. The first-order valence-electron chi connectivity index (χ1n) is 7.00. The lowest BCUT2D eigenvalue weighted by Crippen LogP contribution is -2.21. The van der Waals surface area contributed by atoms with Crippen LogP contribution in [0.2, 0.25) is 0 Å². The molecule has 0 saturated heterocycles. The van der Waals surface area contributed by atoms with Gasteiger partial charge in [0.2, 0.25) is 5.91 Å². The first kappa shape index (κ1) is 15.1. The van der Waals surface area contributed by atoms with Crippen molar-refractivity contribution < 1.29 is 4.79 Å². The van der Waals surface area contributed by atoms with Gasteiger partial charge in [-0.2, -0.15) is 5.10 Å². The fraction of sp³-hybridized carbons (Fsp3) is 0.375. The molecule has 0 aliphatic heterocycles. The molecule has 0 bridgehead atoms. The largest absolute Gasteiger partial charge is 0.381 e. The molecule has 0 saturated carbocycles. The van der Waals surface area contributed by atoms with E-state index in [1.54, 1.807) is 0 Å². The van der Waals surface area contributed by atoms with E-state index < -0.39 is 0 Å². The lowest BCUT2D eigenvalue weighted by molar-refractivity contribution is -0.114. The molecule has 5 nitrogen and oxygen atoms in total. The van der Waals surface area contributed by atoms with Crippen LogP contribution in [0.4, 0.5) is 11.4 Å². The minimum atomic E-state index is -0.0645. The van der Waals surface area contributed by atoms with Crippen molar-refractivity contribution in [1.29, 1.82) is 0 Å². The molecule has 2 N–H and O–H groups in total. The minimum absolute atomic E-state index is 0.00173. The number of carbonyl (C=O) groups excluding carboxylic acids is 1. The monoisotopic (exact) mass is 286 g/mol. The van der Waals surface area contributed by atoms with Gasteiger partial charge in [-0.05, 0) is 45.0 Å². The molecule has 1 aromatic carbocycles. The number of carbonyl (C=O) groups is 1. The summed E-state index contributed by atoms with van der Waals surface area (Å²) in [6.07, 6.45) is 3.93. The fourth-order valence-corrected chi connectivity index (χ4v) is 1.90. The van der Waals surface area contributed by atoms with Crippen LogP contribution in [-0.4, -0.2) is 15.7 Å². The SMILES string of the molecule is CC(=O)Nc1ccc(NCc2cnn(C(C)(C)C)c2)cc1. The molecule has 2 rings (SSSR count). The molecule has 0 fully saturated rings. The summed E-state index contributed by atoms with van der Waals surface area (Å²) in [5.74, 6) is -0.0645. The maximum absolute atomic E-state index is 11.0. The van der Waals surface area contributed by atoms with Gasteiger partial charge in [0.15, 0.2) is 0 Å². The summed E-state index contributed by atoms with van der Waals surface area (Å²) in [4.78, 5) is 11.0. The Balaban J connectivity index is 1.94.